The highest BCUT2D eigenvalue weighted by Crippen LogP contribution is 2.42. The summed E-state index contributed by atoms with van der Waals surface area (Å²) in [6.07, 6.45) is 1.52. The molecule has 3 N–H and O–H groups in total. The number of aromatic carboxylic acids is 1. The van der Waals surface area contributed by atoms with Crippen LogP contribution in [-0.4, -0.2) is 26.7 Å². The van der Waals surface area contributed by atoms with E-state index >= 15 is 0 Å². The van der Waals surface area contributed by atoms with Gasteiger partial charge in [0.05, 0.1) is 11.4 Å². The summed E-state index contributed by atoms with van der Waals surface area (Å²) in [7, 11) is 0. The Balaban J connectivity index is 1.97. The smallest absolute Gasteiger partial charge is 0.339 e. The van der Waals surface area contributed by atoms with Crippen LogP contribution in [0.3, 0.4) is 0 Å². The number of carboxylic acid groups (broad SMARTS) is 1. The predicted octanol–water partition coefficient (Wildman–Crippen LogP) is 3.49. The molecule has 1 amide bonds. The minimum Gasteiger partial charge on any atom is -0.508 e. The number of carbonyl (C=O) groups is 2. The lowest BCUT2D eigenvalue weighted by atomic mass is 9.88. The monoisotopic (exact) mass is 366 g/mol. The second kappa shape index (κ2) is 6.28. The second-order valence-electron chi connectivity index (χ2n) is 6.35. The van der Waals surface area contributed by atoms with Crippen LogP contribution in [0.15, 0.2) is 54.7 Å². The molecule has 7 heteroatoms. The summed E-state index contributed by atoms with van der Waals surface area (Å²) >= 11 is 0. The van der Waals surface area contributed by atoms with Crippen molar-refractivity contribution in [1.29, 1.82) is 0 Å². The van der Waals surface area contributed by atoms with Gasteiger partial charge in [0.25, 0.3) is 0 Å². The van der Waals surface area contributed by atoms with Crippen LogP contribution in [0.1, 0.15) is 34.0 Å². The van der Waals surface area contributed by atoms with Crippen LogP contribution in [-0.2, 0) is 4.79 Å². The van der Waals surface area contributed by atoms with E-state index in [-0.39, 0.29) is 29.3 Å². The molecule has 2 aromatic carbocycles. The van der Waals surface area contributed by atoms with Crippen molar-refractivity contribution in [2.24, 2.45) is 0 Å². The Bertz CT molecular complexity index is 1060. The summed E-state index contributed by atoms with van der Waals surface area (Å²) < 4.78 is 15.0. The summed E-state index contributed by atoms with van der Waals surface area (Å²) in [5.41, 5.74) is 2.00. The molecule has 1 aliphatic heterocycles. The largest absolute Gasteiger partial charge is 0.508 e. The number of rotatable bonds is 3. The number of phenolic OH excluding ortho intramolecular Hbond substituents is 1. The lowest BCUT2D eigenvalue weighted by Gasteiger charge is -2.26. The Kier molecular flexibility index (Phi) is 3.92. The summed E-state index contributed by atoms with van der Waals surface area (Å²) in [4.78, 5) is 23.9. The number of amides is 1. The van der Waals surface area contributed by atoms with Crippen LogP contribution in [0.4, 0.5) is 10.1 Å². The summed E-state index contributed by atoms with van der Waals surface area (Å²) in [5, 5.41) is 22.0. The quantitative estimate of drug-likeness (QED) is 0.662. The average Bonchev–Trinajstić information content (AvgIpc) is 3.01. The van der Waals surface area contributed by atoms with Crippen molar-refractivity contribution in [3.05, 3.63) is 77.4 Å². The molecule has 1 aliphatic rings. The average molecular weight is 366 g/mol. The number of benzene rings is 2. The standard InChI is InChI=1S/C20H15FN2O4/c21-12-4-6-13(7-5-12)23-10-16(20(26)27)18-19(23)15(9-17(25)22-18)11-2-1-3-14(24)8-11/h1-8,10,15,24H,9H2,(H,22,25)(H,26,27)/t15-/m0/s1. The van der Waals surface area contributed by atoms with Gasteiger partial charge in [-0.15, -0.1) is 0 Å². The normalized spacial score (nSPS) is 15.9. The summed E-state index contributed by atoms with van der Waals surface area (Å²) in [5.74, 6) is -2.30. The minimum atomic E-state index is -1.18. The number of nitrogens with zero attached hydrogens (tertiary/aromatic N) is 1. The molecule has 27 heavy (non-hydrogen) atoms. The molecule has 1 aromatic heterocycles. The molecule has 6 nitrogen and oxygen atoms in total. The second-order valence-corrected chi connectivity index (χ2v) is 6.35. The van der Waals surface area contributed by atoms with Crippen molar-refractivity contribution in [3.63, 3.8) is 0 Å². The van der Waals surface area contributed by atoms with Gasteiger partial charge in [0.1, 0.15) is 17.1 Å². The van der Waals surface area contributed by atoms with E-state index in [0.29, 0.717) is 16.9 Å². The Morgan fingerprint density at radius 1 is 1.19 bits per heavy atom. The molecule has 0 saturated carbocycles. The van der Waals surface area contributed by atoms with Crippen molar-refractivity contribution < 1.29 is 24.2 Å². The van der Waals surface area contributed by atoms with Gasteiger partial charge in [0, 0.05) is 24.2 Å². The molecule has 0 aliphatic carbocycles. The molecule has 0 saturated heterocycles. The van der Waals surface area contributed by atoms with Gasteiger partial charge in [-0.05, 0) is 42.0 Å². The fourth-order valence-corrected chi connectivity index (χ4v) is 3.46. The van der Waals surface area contributed by atoms with Crippen LogP contribution in [0.2, 0.25) is 0 Å². The lowest BCUT2D eigenvalue weighted by Crippen LogP contribution is -2.25. The van der Waals surface area contributed by atoms with E-state index in [1.165, 1.54) is 36.5 Å². The van der Waals surface area contributed by atoms with E-state index in [2.05, 4.69) is 5.32 Å². The first-order valence-corrected chi connectivity index (χ1v) is 8.27. The van der Waals surface area contributed by atoms with Crippen molar-refractivity contribution in [2.75, 3.05) is 5.32 Å². The fraction of sp³-hybridized carbons (Fsp3) is 0.100. The zero-order valence-electron chi connectivity index (χ0n) is 14.0. The van der Waals surface area contributed by atoms with Crippen molar-refractivity contribution >= 4 is 17.6 Å². The first-order valence-electron chi connectivity index (χ1n) is 8.27. The van der Waals surface area contributed by atoms with Gasteiger partial charge < -0.3 is 20.1 Å². The van der Waals surface area contributed by atoms with E-state index < -0.39 is 17.7 Å². The number of hydrogen-bond acceptors (Lipinski definition) is 3. The number of carbonyl (C=O) groups excluding carboxylic acids is 1. The van der Waals surface area contributed by atoms with E-state index in [0.717, 1.165) is 0 Å². The van der Waals surface area contributed by atoms with Gasteiger partial charge in [-0.25, -0.2) is 9.18 Å². The van der Waals surface area contributed by atoms with Gasteiger partial charge in [-0.3, -0.25) is 4.79 Å². The number of hydrogen-bond donors (Lipinski definition) is 3. The van der Waals surface area contributed by atoms with Gasteiger partial charge >= 0.3 is 5.97 Å². The van der Waals surface area contributed by atoms with Gasteiger partial charge in [-0.1, -0.05) is 12.1 Å². The van der Waals surface area contributed by atoms with Crippen molar-refractivity contribution in [2.45, 2.75) is 12.3 Å². The zero-order valence-corrected chi connectivity index (χ0v) is 14.0. The minimum absolute atomic E-state index is 0.0486. The molecule has 0 bridgehead atoms. The first-order chi connectivity index (χ1) is 12.9. The number of aromatic nitrogens is 1. The number of carboxylic acids is 1. The lowest BCUT2D eigenvalue weighted by molar-refractivity contribution is -0.116. The van der Waals surface area contributed by atoms with E-state index in [4.69, 9.17) is 0 Å². The maximum Gasteiger partial charge on any atom is 0.339 e. The molecule has 0 radical (unpaired) electrons. The number of phenols is 1. The molecule has 2 heterocycles. The Labute approximate surface area is 153 Å². The Hall–Kier alpha value is -3.61. The molecule has 4 rings (SSSR count). The molecule has 3 aromatic rings. The number of nitrogens with one attached hydrogen (secondary N) is 1. The number of fused-ring (bicyclic) bond motifs is 1. The molecule has 136 valence electrons. The zero-order chi connectivity index (χ0) is 19.1. The number of aromatic hydroxyl groups is 1. The Morgan fingerprint density at radius 3 is 2.59 bits per heavy atom. The van der Waals surface area contributed by atoms with E-state index in [1.54, 1.807) is 22.8 Å². The fourth-order valence-electron chi connectivity index (χ4n) is 3.46. The molecule has 0 unspecified atom stereocenters. The van der Waals surface area contributed by atoms with Crippen LogP contribution in [0.5, 0.6) is 5.75 Å². The third-order valence-corrected chi connectivity index (χ3v) is 4.64. The maximum absolute atomic E-state index is 13.3. The summed E-state index contributed by atoms with van der Waals surface area (Å²) in [6.45, 7) is 0. The molecule has 1 atom stereocenters. The molecular weight excluding hydrogens is 351 g/mol. The number of anilines is 1. The highest BCUT2D eigenvalue weighted by Gasteiger charge is 2.34. The molecular formula is C20H15FN2O4. The number of halogens is 1. The molecule has 0 fully saturated rings. The third-order valence-electron chi connectivity index (χ3n) is 4.64. The van der Waals surface area contributed by atoms with E-state index in [9.17, 15) is 24.2 Å². The SMILES string of the molecule is O=C1C[C@@H](c2cccc(O)c2)c2c(c(C(=O)O)cn2-c2ccc(F)cc2)N1. The maximum atomic E-state index is 13.3. The third kappa shape index (κ3) is 2.93. The van der Waals surface area contributed by atoms with Gasteiger partial charge in [-0.2, -0.15) is 0 Å². The highest BCUT2D eigenvalue weighted by molar-refractivity contribution is 6.04. The highest BCUT2D eigenvalue weighted by atomic mass is 19.1. The Morgan fingerprint density at radius 2 is 1.93 bits per heavy atom. The van der Waals surface area contributed by atoms with Crippen molar-refractivity contribution in [3.8, 4) is 11.4 Å². The van der Waals surface area contributed by atoms with Crippen LogP contribution < -0.4 is 5.32 Å². The predicted molar refractivity (Wildman–Crippen MR) is 95.9 cm³/mol. The van der Waals surface area contributed by atoms with Gasteiger partial charge in [0.15, 0.2) is 0 Å². The van der Waals surface area contributed by atoms with Crippen LogP contribution in [0, 0.1) is 5.82 Å². The topological polar surface area (TPSA) is 91.6 Å². The van der Waals surface area contributed by atoms with Gasteiger partial charge in [0.2, 0.25) is 5.91 Å². The first kappa shape index (κ1) is 16.8. The van der Waals surface area contributed by atoms with Crippen molar-refractivity contribution in [1.82, 2.24) is 4.57 Å². The summed E-state index contributed by atoms with van der Waals surface area (Å²) in [6, 6.07) is 12.2. The van der Waals surface area contributed by atoms with E-state index in [1.807, 2.05) is 0 Å². The molecule has 0 spiro atoms. The van der Waals surface area contributed by atoms with Crippen LogP contribution >= 0.6 is 0 Å². The van der Waals surface area contributed by atoms with Crippen LogP contribution in [0.25, 0.3) is 5.69 Å².